The van der Waals surface area contributed by atoms with Gasteiger partial charge in [-0.2, -0.15) is 0 Å². The Morgan fingerprint density at radius 2 is 1.95 bits per heavy atom. The highest BCUT2D eigenvalue weighted by Gasteiger charge is 2.61. The minimum absolute atomic E-state index is 0.0539. The van der Waals surface area contributed by atoms with Gasteiger partial charge in [-0.25, -0.2) is 0 Å². The van der Waals surface area contributed by atoms with Crippen LogP contribution in [0.15, 0.2) is 16.8 Å². The molecule has 1 fully saturated rings. The molecule has 0 radical (unpaired) electrons. The minimum atomic E-state index is -0.436. The molecule has 0 N–H and O–H groups in total. The van der Waals surface area contributed by atoms with Gasteiger partial charge >= 0.3 is 5.97 Å². The van der Waals surface area contributed by atoms with Gasteiger partial charge in [0.25, 0.3) is 0 Å². The maximum absolute atomic E-state index is 12.2. The van der Waals surface area contributed by atoms with Gasteiger partial charge in [0, 0.05) is 0 Å². The van der Waals surface area contributed by atoms with Crippen molar-refractivity contribution in [2.75, 3.05) is 6.61 Å². The van der Waals surface area contributed by atoms with E-state index < -0.39 is 5.60 Å². The van der Waals surface area contributed by atoms with Crippen molar-refractivity contribution in [3.63, 3.8) is 0 Å². The molecule has 1 saturated carbocycles. The quantitative estimate of drug-likeness (QED) is 0.322. The summed E-state index contributed by atoms with van der Waals surface area (Å²) in [6, 6.07) is 0. The van der Waals surface area contributed by atoms with Gasteiger partial charge in [-0.1, -0.05) is 32.0 Å². The lowest BCUT2D eigenvalue weighted by Crippen LogP contribution is -2.26. The number of hydrogen-bond donors (Lipinski definition) is 0. The fraction of sp³-hybridized carbons (Fsp3) is 0.765. The third-order valence-electron chi connectivity index (χ3n) is 3.64. The van der Waals surface area contributed by atoms with E-state index in [9.17, 15) is 4.79 Å². The zero-order valence-electron chi connectivity index (χ0n) is 14.4. The molecule has 4 heteroatoms. The summed E-state index contributed by atoms with van der Waals surface area (Å²) in [5, 5.41) is 3.91. The molecule has 4 nitrogen and oxygen atoms in total. The number of nitrogens with zero attached hydrogens (tertiary/aromatic N) is 1. The molecule has 1 rings (SSSR count). The van der Waals surface area contributed by atoms with Gasteiger partial charge in [-0.05, 0) is 51.0 Å². The van der Waals surface area contributed by atoms with E-state index in [2.05, 4.69) is 25.1 Å². The molecule has 0 aromatic carbocycles. The van der Waals surface area contributed by atoms with Crippen LogP contribution in [-0.4, -0.2) is 24.4 Å². The van der Waals surface area contributed by atoms with Crippen LogP contribution in [0.3, 0.4) is 0 Å². The summed E-state index contributed by atoms with van der Waals surface area (Å²) in [4.78, 5) is 17.3. The highest BCUT2D eigenvalue weighted by Crippen LogP contribution is 2.60. The van der Waals surface area contributed by atoms with Crippen molar-refractivity contribution < 1.29 is 14.4 Å². The van der Waals surface area contributed by atoms with E-state index >= 15 is 0 Å². The van der Waals surface area contributed by atoms with Crippen LogP contribution in [0, 0.1) is 17.3 Å². The van der Waals surface area contributed by atoms with E-state index in [0.717, 1.165) is 12.0 Å². The van der Waals surface area contributed by atoms with Crippen LogP contribution in [0.4, 0.5) is 0 Å². The predicted octanol–water partition coefficient (Wildman–Crippen LogP) is 3.96. The highest BCUT2D eigenvalue weighted by molar-refractivity contribution is 5.81. The summed E-state index contributed by atoms with van der Waals surface area (Å²) in [7, 11) is 0. The van der Waals surface area contributed by atoms with Crippen molar-refractivity contribution in [2.24, 2.45) is 22.4 Å². The van der Waals surface area contributed by atoms with Crippen molar-refractivity contribution >= 4 is 12.2 Å². The Hall–Kier alpha value is -1.32. The molecule has 0 aromatic rings. The SMILES string of the molecule is CCCO/N=C/C(C)=CC1C(C(=O)OC(C)(C)C)C1(C)C. The smallest absolute Gasteiger partial charge is 0.310 e. The average molecular weight is 295 g/mol. The first kappa shape index (κ1) is 17.7. The Morgan fingerprint density at radius 3 is 2.48 bits per heavy atom. The van der Waals surface area contributed by atoms with Crippen LogP contribution in [0.5, 0.6) is 0 Å². The molecular formula is C17H29NO3. The normalized spacial score (nSPS) is 25.0. The Kier molecular flexibility index (Phi) is 5.60. The Morgan fingerprint density at radius 1 is 1.33 bits per heavy atom. The van der Waals surface area contributed by atoms with Crippen molar-refractivity contribution in [3.05, 3.63) is 11.6 Å². The lowest BCUT2D eigenvalue weighted by Gasteiger charge is -2.19. The fourth-order valence-corrected chi connectivity index (χ4v) is 2.39. The minimum Gasteiger partial charge on any atom is -0.460 e. The van der Waals surface area contributed by atoms with Gasteiger partial charge in [0.1, 0.15) is 12.2 Å². The van der Waals surface area contributed by atoms with Crippen LogP contribution in [0.2, 0.25) is 0 Å². The summed E-state index contributed by atoms with van der Waals surface area (Å²) in [5.41, 5.74) is 0.520. The molecule has 0 bridgehead atoms. The fourth-order valence-electron chi connectivity index (χ4n) is 2.39. The first-order valence-electron chi connectivity index (χ1n) is 7.66. The van der Waals surface area contributed by atoms with Gasteiger partial charge in [0.05, 0.1) is 12.1 Å². The number of carbonyl (C=O) groups excluding carboxylic acids is 1. The molecule has 2 atom stereocenters. The summed E-state index contributed by atoms with van der Waals surface area (Å²) in [5.74, 6) is 0.0160. The van der Waals surface area contributed by atoms with E-state index in [4.69, 9.17) is 9.57 Å². The number of esters is 1. The summed E-state index contributed by atoms with van der Waals surface area (Å²) in [6.45, 7) is 14.5. The summed E-state index contributed by atoms with van der Waals surface area (Å²) in [6.07, 6.45) is 4.74. The van der Waals surface area contributed by atoms with Gasteiger partial charge in [-0.15, -0.1) is 0 Å². The van der Waals surface area contributed by atoms with Crippen molar-refractivity contribution in [1.82, 2.24) is 0 Å². The van der Waals surface area contributed by atoms with Gasteiger partial charge in [0.15, 0.2) is 0 Å². The predicted molar refractivity (Wildman–Crippen MR) is 85.1 cm³/mol. The summed E-state index contributed by atoms with van der Waals surface area (Å²) < 4.78 is 5.50. The van der Waals surface area contributed by atoms with Crippen LogP contribution in [-0.2, 0) is 14.4 Å². The monoisotopic (exact) mass is 295 g/mol. The zero-order valence-corrected chi connectivity index (χ0v) is 14.4. The Balaban J connectivity index is 2.63. The topological polar surface area (TPSA) is 47.9 Å². The van der Waals surface area contributed by atoms with Gasteiger partial charge in [0.2, 0.25) is 0 Å². The zero-order chi connectivity index (χ0) is 16.3. The van der Waals surface area contributed by atoms with E-state index in [-0.39, 0.29) is 23.2 Å². The van der Waals surface area contributed by atoms with Crippen LogP contribution in [0.1, 0.15) is 54.9 Å². The Labute approximate surface area is 128 Å². The number of allylic oxidation sites excluding steroid dienone is 2. The molecule has 0 amide bonds. The number of oxime groups is 1. The Bertz CT molecular complexity index is 430. The second-order valence-electron chi connectivity index (χ2n) is 7.34. The molecule has 0 aliphatic heterocycles. The number of carbonyl (C=O) groups is 1. The second-order valence-corrected chi connectivity index (χ2v) is 7.34. The molecular weight excluding hydrogens is 266 g/mol. The molecule has 0 spiro atoms. The molecule has 0 heterocycles. The average Bonchev–Trinajstić information content (AvgIpc) is 2.84. The largest absolute Gasteiger partial charge is 0.460 e. The van der Waals surface area contributed by atoms with Crippen molar-refractivity contribution in [1.29, 1.82) is 0 Å². The summed E-state index contributed by atoms with van der Waals surface area (Å²) >= 11 is 0. The number of rotatable bonds is 6. The van der Waals surface area contributed by atoms with E-state index in [1.165, 1.54) is 0 Å². The molecule has 0 saturated heterocycles. The third-order valence-corrected chi connectivity index (χ3v) is 3.64. The second kappa shape index (κ2) is 6.63. The molecule has 1 aliphatic rings. The lowest BCUT2D eigenvalue weighted by atomic mass is 10.1. The molecule has 1 aliphatic carbocycles. The maximum Gasteiger partial charge on any atom is 0.310 e. The number of hydrogen-bond acceptors (Lipinski definition) is 4. The van der Waals surface area contributed by atoms with E-state index in [0.29, 0.717) is 6.61 Å². The highest BCUT2D eigenvalue weighted by atomic mass is 16.6. The molecule has 21 heavy (non-hydrogen) atoms. The first-order chi connectivity index (χ1) is 9.59. The van der Waals surface area contributed by atoms with Crippen LogP contribution < -0.4 is 0 Å². The van der Waals surface area contributed by atoms with Crippen LogP contribution in [0.25, 0.3) is 0 Å². The van der Waals surface area contributed by atoms with Crippen LogP contribution >= 0.6 is 0 Å². The van der Waals surface area contributed by atoms with Crippen molar-refractivity contribution in [2.45, 2.75) is 60.5 Å². The number of ether oxygens (including phenoxy) is 1. The molecule has 0 aromatic heterocycles. The van der Waals surface area contributed by atoms with E-state index in [1.54, 1.807) is 6.21 Å². The lowest BCUT2D eigenvalue weighted by molar-refractivity contribution is -0.157. The van der Waals surface area contributed by atoms with E-state index in [1.807, 2.05) is 34.6 Å². The molecule has 2 unspecified atom stereocenters. The third kappa shape index (κ3) is 5.18. The van der Waals surface area contributed by atoms with Gasteiger partial charge < -0.3 is 9.57 Å². The first-order valence-corrected chi connectivity index (χ1v) is 7.66. The maximum atomic E-state index is 12.2. The van der Waals surface area contributed by atoms with Gasteiger partial charge in [-0.3, -0.25) is 4.79 Å². The van der Waals surface area contributed by atoms with Crippen molar-refractivity contribution in [3.8, 4) is 0 Å². The standard InChI is InChI=1S/C17H29NO3/c1-8-9-20-18-11-12(2)10-13-14(17(13,6)7)15(19)21-16(3,4)5/h10-11,13-14H,8-9H2,1-7H3/b12-10?,18-11+. The molecule has 120 valence electrons.